The van der Waals surface area contributed by atoms with Gasteiger partial charge >= 0.3 is 0 Å². The number of benzene rings is 3. The topological polar surface area (TPSA) is 47.9 Å². The molecule has 0 aliphatic heterocycles. The van der Waals surface area contributed by atoms with Crippen LogP contribution in [0.1, 0.15) is 79.9 Å². The normalized spacial score (nSPS) is 15.8. The van der Waals surface area contributed by atoms with Gasteiger partial charge in [0.1, 0.15) is 5.75 Å². The number of rotatable bonds is 14. The first kappa shape index (κ1) is 36.2. The van der Waals surface area contributed by atoms with E-state index in [1.165, 1.54) is 10.4 Å². The molecule has 6 heteroatoms. The van der Waals surface area contributed by atoms with Gasteiger partial charge in [-0.3, -0.25) is 0 Å². The molecule has 0 unspecified atom stereocenters. The molecule has 0 fully saturated rings. The molecule has 0 aromatic heterocycles. The van der Waals surface area contributed by atoms with Crippen molar-refractivity contribution in [2.45, 2.75) is 104 Å². The van der Waals surface area contributed by atoms with Crippen LogP contribution in [-0.4, -0.2) is 41.6 Å². The first-order valence-electron chi connectivity index (χ1n) is 16.3. The van der Waals surface area contributed by atoms with Crippen molar-refractivity contribution in [3.8, 4) is 5.75 Å². The third-order valence-corrected chi connectivity index (χ3v) is 19.1. The first-order chi connectivity index (χ1) is 20.5. The summed E-state index contributed by atoms with van der Waals surface area (Å²) in [5, 5.41) is 14.1. The van der Waals surface area contributed by atoms with Crippen LogP contribution in [0.15, 0.2) is 84.9 Å². The summed E-state index contributed by atoms with van der Waals surface area (Å²) in [6, 6.07) is 29.8. The highest BCUT2D eigenvalue weighted by atomic mass is 28.4. The second kappa shape index (κ2) is 14.9. The number of methoxy groups -OCH3 is 1. The van der Waals surface area contributed by atoms with Crippen LogP contribution in [0.5, 0.6) is 5.75 Å². The van der Waals surface area contributed by atoms with Gasteiger partial charge < -0.3 is 18.7 Å². The van der Waals surface area contributed by atoms with Crippen LogP contribution in [0.4, 0.5) is 0 Å². The average Bonchev–Trinajstić information content (AvgIpc) is 2.97. The Bertz CT molecular complexity index is 1240. The van der Waals surface area contributed by atoms with Gasteiger partial charge in [0, 0.05) is 19.6 Å². The van der Waals surface area contributed by atoms with Gasteiger partial charge in [-0.1, -0.05) is 128 Å². The lowest BCUT2D eigenvalue weighted by molar-refractivity contribution is 0.0260. The molecule has 0 aliphatic carbocycles. The van der Waals surface area contributed by atoms with Crippen molar-refractivity contribution in [3.05, 3.63) is 90.5 Å². The van der Waals surface area contributed by atoms with Gasteiger partial charge in [-0.25, -0.2) is 0 Å². The Morgan fingerprint density at radius 3 is 1.73 bits per heavy atom. The van der Waals surface area contributed by atoms with Gasteiger partial charge in [-0.2, -0.15) is 0 Å². The molecule has 3 rings (SSSR count). The number of hydrogen-bond acceptors (Lipinski definition) is 4. The molecule has 0 spiro atoms. The second-order valence-electron chi connectivity index (χ2n) is 15.2. The zero-order chi connectivity index (χ0) is 32.8. The van der Waals surface area contributed by atoms with Gasteiger partial charge in [0.05, 0.1) is 12.2 Å². The second-order valence-corrected chi connectivity index (χ2v) is 24.2. The summed E-state index contributed by atoms with van der Waals surface area (Å²) in [5.74, 6) is 0.990. The Balaban J connectivity index is 1.71. The standard InChI is InChI=1S/C38H58O4Si2/c1-29(25-26-35(40-9)31-19-18-20-32(27-31)42-43(10,11)37(3,4)5)36(39)30(2)28-41-44(38(6,7)8,33-21-14-12-15-22-33)34-23-16-13-17-24-34/h12-24,27,29-30,35-36,39H,25-26,28H2,1-11H3/t29-,30-,35-,36+/m0/s1. The molecular weight excluding hydrogens is 577 g/mol. The Kier molecular flexibility index (Phi) is 12.3. The molecule has 242 valence electrons. The molecule has 0 radical (unpaired) electrons. The summed E-state index contributed by atoms with van der Waals surface area (Å²) in [5.41, 5.74) is 1.12. The lowest BCUT2D eigenvalue weighted by Crippen LogP contribution is -2.67. The lowest BCUT2D eigenvalue weighted by Gasteiger charge is -2.44. The monoisotopic (exact) mass is 634 g/mol. The molecule has 0 aliphatic rings. The van der Waals surface area contributed by atoms with E-state index in [4.69, 9.17) is 13.6 Å². The minimum atomic E-state index is -2.65. The Hall–Kier alpha value is -2.23. The Morgan fingerprint density at radius 1 is 0.705 bits per heavy atom. The minimum absolute atomic E-state index is 0.0195. The fraction of sp³-hybridized carbons (Fsp3) is 0.526. The molecule has 4 nitrogen and oxygen atoms in total. The predicted molar refractivity (Wildman–Crippen MR) is 191 cm³/mol. The fourth-order valence-corrected chi connectivity index (χ4v) is 11.6. The van der Waals surface area contributed by atoms with Gasteiger partial charge in [0.15, 0.2) is 0 Å². The number of aliphatic hydroxyl groups is 1. The van der Waals surface area contributed by atoms with Crippen LogP contribution in [0.25, 0.3) is 0 Å². The third-order valence-electron chi connectivity index (χ3n) is 9.72. The highest BCUT2D eigenvalue weighted by Gasteiger charge is 2.50. The van der Waals surface area contributed by atoms with E-state index in [0.29, 0.717) is 6.61 Å². The summed E-state index contributed by atoms with van der Waals surface area (Å²) >= 11 is 0. The highest BCUT2D eigenvalue weighted by Crippen LogP contribution is 2.39. The molecule has 0 heterocycles. The predicted octanol–water partition coefficient (Wildman–Crippen LogP) is 8.75. The maximum atomic E-state index is 11.5. The number of ether oxygens (including phenoxy) is 1. The summed E-state index contributed by atoms with van der Waals surface area (Å²) in [6.07, 6.45) is 1.12. The van der Waals surface area contributed by atoms with Crippen LogP contribution < -0.4 is 14.8 Å². The van der Waals surface area contributed by atoms with Crippen molar-refractivity contribution in [3.63, 3.8) is 0 Å². The van der Waals surface area contributed by atoms with Gasteiger partial charge in [-0.15, -0.1) is 0 Å². The van der Waals surface area contributed by atoms with E-state index >= 15 is 0 Å². The number of aliphatic hydroxyl groups excluding tert-OH is 1. The summed E-state index contributed by atoms with van der Waals surface area (Å²) in [7, 11) is -2.82. The van der Waals surface area contributed by atoms with E-state index in [0.717, 1.165) is 24.2 Å². The molecule has 0 bridgehead atoms. The molecule has 0 saturated carbocycles. The van der Waals surface area contributed by atoms with Gasteiger partial charge in [0.25, 0.3) is 8.32 Å². The van der Waals surface area contributed by atoms with Crippen molar-refractivity contribution in [2.75, 3.05) is 13.7 Å². The zero-order valence-corrected chi connectivity index (χ0v) is 31.2. The smallest absolute Gasteiger partial charge is 0.261 e. The summed E-state index contributed by atoms with van der Waals surface area (Å²) in [4.78, 5) is 0. The summed E-state index contributed by atoms with van der Waals surface area (Å²) in [6.45, 7) is 23.0. The Morgan fingerprint density at radius 2 is 1.25 bits per heavy atom. The maximum absolute atomic E-state index is 11.5. The fourth-order valence-electron chi connectivity index (χ4n) is 5.91. The van der Waals surface area contributed by atoms with E-state index in [-0.39, 0.29) is 28.0 Å². The molecule has 0 saturated heterocycles. The number of hydrogen-bond donors (Lipinski definition) is 1. The van der Waals surface area contributed by atoms with E-state index in [1.54, 1.807) is 7.11 Å². The lowest BCUT2D eigenvalue weighted by atomic mass is 9.89. The van der Waals surface area contributed by atoms with Gasteiger partial charge in [0.2, 0.25) is 8.32 Å². The van der Waals surface area contributed by atoms with E-state index in [9.17, 15) is 5.11 Å². The maximum Gasteiger partial charge on any atom is 0.261 e. The van der Waals surface area contributed by atoms with Crippen molar-refractivity contribution >= 4 is 27.0 Å². The van der Waals surface area contributed by atoms with E-state index in [2.05, 4.69) is 153 Å². The molecule has 3 aromatic carbocycles. The van der Waals surface area contributed by atoms with Crippen molar-refractivity contribution in [2.24, 2.45) is 11.8 Å². The summed E-state index contributed by atoms with van der Waals surface area (Å²) < 4.78 is 19.7. The van der Waals surface area contributed by atoms with Crippen LogP contribution in [-0.2, 0) is 9.16 Å². The van der Waals surface area contributed by atoms with Crippen LogP contribution in [0.2, 0.25) is 23.2 Å². The largest absolute Gasteiger partial charge is 0.543 e. The van der Waals surface area contributed by atoms with E-state index in [1.807, 2.05) is 0 Å². The van der Waals surface area contributed by atoms with Crippen molar-refractivity contribution in [1.29, 1.82) is 0 Å². The average molecular weight is 635 g/mol. The minimum Gasteiger partial charge on any atom is -0.543 e. The van der Waals surface area contributed by atoms with Gasteiger partial charge in [-0.05, 0) is 70.0 Å². The Labute approximate surface area is 270 Å². The molecule has 1 N–H and O–H groups in total. The van der Waals surface area contributed by atoms with Crippen LogP contribution in [0, 0.1) is 11.8 Å². The quantitative estimate of drug-likeness (QED) is 0.180. The molecule has 4 atom stereocenters. The van der Waals surface area contributed by atoms with Crippen LogP contribution >= 0.6 is 0 Å². The SMILES string of the molecule is CO[C@@H](CC[C@H](C)[C@@H](O)[C@@H](C)CO[Si](c1ccccc1)(c1ccccc1)C(C)(C)C)c1cccc(O[Si](C)(C)C(C)(C)C)c1. The molecular formula is C38H58O4Si2. The highest BCUT2D eigenvalue weighted by molar-refractivity contribution is 6.99. The molecule has 3 aromatic rings. The molecule has 44 heavy (non-hydrogen) atoms. The van der Waals surface area contributed by atoms with Crippen molar-refractivity contribution < 1.29 is 18.7 Å². The zero-order valence-electron chi connectivity index (χ0n) is 29.2. The molecule has 0 amide bonds. The first-order valence-corrected chi connectivity index (χ1v) is 21.1. The third kappa shape index (κ3) is 8.52. The van der Waals surface area contributed by atoms with Crippen LogP contribution in [0.3, 0.4) is 0 Å². The van der Waals surface area contributed by atoms with Crippen molar-refractivity contribution in [1.82, 2.24) is 0 Å². The van der Waals surface area contributed by atoms with E-state index < -0.39 is 22.7 Å².